The van der Waals surface area contributed by atoms with Crippen LogP contribution in [0.2, 0.25) is 0 Å². The Labute approximate surface area is 136 Å². The highest BCUT2D eigenvalue weighted by atomic mass is 32.1. The second kappa shape index (κ2) is 7.27. The molecule has 1 amide bonds. The predicted octanol–water partition coefficient (Wildman–Crippen LogP) is 3.46. The van der Waals surface area contributed by atoms with Gasteiger partial charge in [-0.25, -0.2) is 4.79 Å². The highest BCUT2D eigenvalue weighted by molar-refractivity contribution is 7.12. The third-order valence-electron chi connectivity index (χ3n) is 4.65. The Bertz CT molecular complexity index is 552. The van der Waals surface area contributed by atoms with E-state index in [4.69, 9.17) is 4.74 Å². The van der Waals surface area contributed by atoms with Crippen molar-refractivity contribution < 1.29 is 14.3 Å². The van der Waals surface area contributed by atoms with E-state index in [1.54, 1.807) is 11.3 Å². The molecule has 1 heterocycles. The third kappa shape index (κ3) is 4.09. The normalized spacial score (nSPS) is 24.8. The molecule has 4 nitrogen and oxygen atoms in total. The molecule has 1 N–H and O–H groups in total. The van der Waals surface area contributed by atoms with E-state index >= 15 is 0 Å². The molecule has 1 aromatic heterocycles. The number of carbonyl (C=O) groups is 2. The van der Waals surface area contributed by atoms with Crippen LogP contribution in [0.1, 0.15) is 53.2 Å². The molecule has 1 aliphatic rings. The summed E-state index contributed by atoms with van der Waals surface area (Å²) < 4.78 is 5.14. The first kappa shape index (κ1) is 17.0. The standard InChI is InChI=1S/C17H25NO3S/c1-10-6-5-7-15(12(10)3)18-16(19)9-21-17(20)14-8-11(2)22-13(14)4/h8,10,12,15H,5-7,9H2,1-4H3,(H,18,19)/t10-,12+,15+/m1/s1. The minimum Gasteiger partial charge on any atom is -0.452 e. The highest BCUT2D eigenvalue weighted by Crippen LogP contribution is 2.29. The number of hydrogen-bond acceptors (Lipinski definition) is 4. The summed E-state index contributed by atoms with van der Waals surface area (Å²) in [4.78, 5) is 26.0. The first-order valence-electron chi connectivity index (χ1n) is 7.92. The van der Waals surface area contributed by atoms with Crippen molar-refractivity contribution in [1.82, 2.24) is 5.32 Å². The fraction of sp³-hybridized carbons (Fsp3) is 0.647. The van der Waals surface area contributed by atoms with Crippen molar-refractivity contribution in [1.29, 1.82) is 0 Å². The van der Waals surface area contributed by atoms with Crippen LogP contribution >= 0.6 is 11.3 Å². The number of nitrogens with one attached hydrogen (secondary N) is 1. The topological polar surface area (TPSA) is 55.4 Å². The zero-order valence-corrected chi connectivity index (χ0v) is 14.6. The van der Waals surface area contributed by atoms with Crippen molar-refractivity contribution in [3.8, 4) is 0 Å². The monoisotopic (exact) mass is 323 g/mol. The van der Waals surface area contributed by atoms with Gasteiger partial charge in [-0.15, -0.1) is 11.3 Å². The lowest BCUT2D eigenvalue weighted by Gasteiger charge is -2.34. The molecule has 0 radical (unpaired) electrons. The fourth-order valence-corrected chi connectivity index (χ4v) is 3.99. The van der Waals surface area contributed by atoms with Crippen LogP contribution in [-0.4, -0.2) is 24.5 Å². The van der Waals surface area contributed by atoms with E-state index in [1.165, 1.54) is 6.42 Å². The van der Waals surface area contributed by atoms with E-state index < -0.39 is 5.97 Å². The van der Waals surface area contributed by atoms with Crippen LogP contribution < -0.4 is 5.32 Å². The van der Waals surface area contributed by atoms with Crippen molar-refractivity contribution in [2.75, 3.05) is 6.61 Å². The van der Waals surface area contributed by atoms with Crippen molar-refractivity contribution in [2.45, 2.75) is 53.0 Å². The van der Waals surface area contributed by atoms with Crippen LogP contribution in [0.4, 0.5) is 0 Å². The van der Waals surface area contributed by atoms with Gasteiger partial charge in [0.15, 0.2) is 6.61 Å². The zero-order chi connectivity index (χ0) is 16.3. The van der Waals surface area contributed by atoms with Crippen LogP contribution in [0.3, 0.4) is 0 Å². The molecule has 2 rings (SSSR count). The number of rotatable bonds is 4. The number of ether oxygens (including phenoxy) is 1. The summed E-state index contributed by atoms with van der Waals surface area (Å²) in [7, 11) is 0. The minimum atomic E-state index is -0.415. The van der Waals surface area contributed by atoms with Crippen LogP contribution in [-0.2, 0) is 9.53 Å². The zero-order valence-electron chi connectivity index (χ0n) is 13.8. The number of hydrogen-bond donors (Lipinski definition) is 1. The number of thiophene rings is 1. The van der Waals surface area contributed by atoms with Gasteiger partial charge in [0.1, 0.15) is 0 Å². The summed E-state index contributed by atoms with van der Waals surface area (Å²) in [6.07, 6.45) is 3.37. The Morgan fingerprint density at radius 3 is 2.68 bits per heavy atom. The Morgan fingerprint density at radius 1 is 1.32 bits per heavy atom. The molecule has 0 aromatic carbocycles. The van der Waals surface area contributed by atoms with Gasteiger partial charge in [0.25, 0.3) is 5.91 Å². The van der Waals surface area contributed by atoms with Crippen LogP contribution in [0.15, 0.2) is 6.07 Å². The lowest BCUT2D eigenvalue weighted by atomic mass is 9.78. The molecular formula is C17H25NO3S. The van der Waals surface area contributed by atoms with Crippen LogP contribution in [0.25, 0.3) is 0 Å². The van der Waals surface area contributed by atoms with Gasteiger partial charge in [0.2, 0.25) is 0 Å². The van der Waals surface area contributed by atoms with E-state index in [1.807, 2.05) is 19.9 Å². The maximum absolute atomic E-state index is 12.0. The van der Waals surface area contributed by atoms with Gasteiger partial charge in [0.05, 0.1) is 5.56 Å². The second-order valence-corrected chi connectivity index (χ2v) is 7.80. The SMILES string of the molecule is Cc1cc(C(=O)OCC(=O)N[C@H]2CCC[C@@H](C)[C@@H]2C)c(C)s1. The van der Waals surface area contributed by atoms with Gasteiger partial charge in [-0.05, 0) is 38.2 Å². The van der Waals surface area contributed by atoms with E-state index in [9.17, 15) is 9.59 Å². The summed E-state index contributed by atoms with van der Waals surface area (Å²) in [5, 5.41) is 3.01. The molecule has 122 valence electrons. The molecular weight excluding hydrogens is 298 g/mol. The van der Waals surface area contributed by atoms with E-state index in [-0.39, 0.29) is 18.6 Å². The molecule has 0 spiro atoms. The number of aryl methyl sites for hydroxylation is 2. The molecule has 0 aliphatic heterocycles. The average molecular weight is 323 g/mol. The van der Waals surface area contributed by atoms with Crippen molar-refractivity contribution in [3.05, 3.63) is 21.4 Å². The van der Waals surface area contributed by atoms with E-state index in [2.05, 4.69) is 19.2 Å². The largest absolute Gasteiger partial charge is 0.452 e. The molecule has 1 aromatic rings. The Hall–Kier alpha value is -1.36. The fourth-order valence-electron chi connectivity index (χ4n) is 3.08. The predicted molar refractivity (Wildman–Crippen MR) is 88.2 cm³/mol. The summed E-state index contributed by atoms with van der Waals surface area (Å²) >= 11 is 1.56. The second-order valence-electron chi connectivity index (χ2n) is 6.34. The Kier molecular flexibility index (Phi) is 5.62. The maximum atomic E-state index is 12.0. The van der Waals surface area contributed by atoms with Crippen LogP contribution in [0, 0.1) is 25.7 Å². The summed E-state index contributed by atoms with van der Waals surface area (Å²) in [6.45, 7) is 8.04. The molecule has 1 saturated carbocycles. The number of carbonyl (C=O) groups excluding carboxylic acids is 2. The van der Waals surface area contributed by atoms with Crippen molar-refractivity contribution in [3.63, 3.8) is 0 Å². The molecule has 0 unspecified atom stereocenters. The molecule has 0 saturated heterocycles. The number of amides is 1. The maximum Gasteiger partial charge on any atom is 0.339 e. The van der Waals surface area contributed by atoms with Gasteiger partial charge < -0.3 is 10.1 Å². The first-order valence-corrected chi connectivity index (χ1v) is 8.73. The average Bonchev–Trinajstić information content (AvgIpc) is 2.80. The quantitative estimate of drug-likeness (QED) is 0.863. The molecule has 5 heteroatoms. The molecule has 1 aliphatic carbocycles. The molecule has 0 bridgehead atoms. The van der Waals surface area contributed by atoms with Gasteiger partial charge in [-0.1, -0.05) is 26.7 Å². The Morgan fingerprint density at radius 2 is 2.05 bits per heavy atom. The first-order chi connectivity index (χ1) is 10.4. The van der Waals surface area contributed by atoms with Crippen molar-refractivity contribution >= 4 is 23.2 Å². The molecule has 1 fully saturated rings. The van der Waals surface area contributed by atoms with Gasteiger partial charge in [-0.3, -0.25) is 4.79 Å². The van der Waals surface area contributed by atoms with E-state index in [0.29, 0.717) is 17.4 Å². The smallest absolute Gasteiger partial charge is 0.339 e. The minimum absolute atomic E-state index is 0.195. The summed E-state index contributed by atoms with van der Waals surface area (Å²) in [5.41, 5.74) is 0.565. The Balaban J connectivity index is 1.82. The molecule has 22 heavy (non-hydrogen) atoms. The van der Waals surface area contributed by atoms with Crippen LogP contribution in [0.5, 0.6) is 0 Å². The van der Waals surface area contributed by atoms with Gasteiger partial charge in [-0.2, -0.15) is 0 Å². The van der Waals surface area contributed by atoms with Crippen molar-refractivity contribution in [2.24, 2.45) is 11.8 Å². The summed E-state index contributed by atoms with van der Waals surface area (Å²) in [5.74, 6) is 0.471. The highest BCUT2D eigenvalue weighted by Gasteiger charge is 2.28. The van der Waals surface area contributed by atoms with E-state index in [0.717, 1.165) is 22.6 Å². The summed E-state index contributed by atoms with van der Waals surface area (Å²) in [6, 6.07) is 2.01. The van der Waals surface area contributed by atoms with Gasteiger partial charge >= 0.3 is 5.97 Å². The molecule has 3 atom stereocenters. The lowest BCUT2D eigenvalue weighted by Crippen LogP contribution is -2.45. The third-order valence-corrected chi connectivity index (χ3v) is 5.61. The number of esters is 1. The van der Waals surface area contributed by atoms with Gasteiger partial charge in [0, 0.05) is 15.8 Å². The lowest BCUT2D eigenvalue weighted by molar-refractivity contribution is -0.125.